The standard InChI is InChI=1S/C28H28F7N3O3/c1-14-9-19(29)3-6-21(14)23-13-37(26(41)24(36)39)8-7-22(23)25(40)38(20-4-5-20)15(2)16-10-17(27(30,31)32)12-18(11-16)28(33,34)35/h3,6,9-12,15,20,22-23H,4-5,7-8,13H2,1-2H3,(H2,36,39)/t15?,22-,23+/m1/s1. The number of carbonyl (C=O) groups excluding carboxylic acids is 3. The minimum atomic E-state index is -5.05. The van der Waals surface area contributed by atoms with Crippen LogP contribution in [-0.2, 0) is 26.7 Å². The van der Waals surface area contributed by atoms with Gasteiger partial charge in [-0.25, -0.2) is 4.39 Å². The molecule has 2 fully saturated rings. The fourth-order valence-corrected chi connectivity index (χ4v) is 5.57. The lowest BCUT2D eigenvalue weighted by molar-refractivity contribution is -0.148. The Hall–Kier alpha value is -3.64. The molecule has 2 aromatic rings. The van der Waals surface area contributed by atoms with Crippen LogP contribution in [-0.4, -0.2) is 46.7 Å². The molecule has 13 heteroatoms. The van der Waals surface area contributed by atoms with Gasteiger partial charge in [0.1, 0.15) is 5.82 Å². The van der Waals surface area contributed by atoms with E-state index in [4.69, 9.17) is 5.73 Å². The maximum atomic E-state index is 14.1. The summed E-state index contributed by atoms with van der Waals surface area (Å²) in [5.74, 6) is -4.79. The molecule has 0 bridgehead atoms. The van der Waals surface area contributed by atoms with E-state index in [1.54, 1.807) is 6.92 Å². The van der Waals surface area contributed by atoms with E-state index in [-0.39, 0.29) is 31.1 Å². The predicted octanol–water partition coefficient (Wildman–Crippen LogP) is 5.34. The first-order valence-corrected chi connectivity index (χ1v) is 12.9. The highest BCUT2D eigenvalue weighted by Gasteiger charge is 2.46. The molecule has 41 heavy (non-hydrogen) atoms. The van der Waals surface area contributed by atoms with Gasteiger partial charge in [0, 0.05) is 31.0 Å². The van der Waals surface area contributed by atoms with E-state index in [9.17, 15) is 45.1 Å². The summed E-state index contributed by atoms with van der Waals surface area (Å²) in [6, 6.07) is 3.63. The number of benzene rings is 2. The normalized spacial score (nSPS) is 20.5. The highest BCUT2D eigenvalue weighted by molar-refractivity contribution is 6.34. The van der Waals surface area contributed by atoms with Crippen LogP contribution in [0.2, 0.25) is 0 Å². The van der Waals surface area contributed by atoms with Crippen molar-refractivity contribution in [3.05, 3.63) is 70.0 Å². The zero-order valence-electron chi connectivity index (χ0n) is 22.2. The van der Waals surface area contributed by atoms with E-state index in [0.29, 0.717) is 36.1 Å². The van der Waals surface area contributed by atoms with Gasteiger partial charge in [0.2, 0.25) is 5.91 Å². The maximum Gasteiger partial charge on any atom is 0.416 e. The number of likely N-dealkylation sites (tertiary alicyclic amines) is 1. The summed E-state index contributed by atoms with van der Waals surface area (Å²) >= 11 is 0. The van der Waals surface area contributed by atoms with E-state index in [1.165, 1.54) is 34.9 Å². The second-order valence-corrected chi connectivity index (χ2v) is 10.6. The zero-order valence-corrected chi connectivity index (χ0v) is 22.2. The van der Waals surface area contributed by atoms with Crippen LogP contribution in [0.25, 0.3) is 0 Å². The van der Waals surface area contributed by atoms with Gasteiger partial charge in [0.25, 0.3) is 0 Å². The third-order valence-corrected chi connectivity index (χ3v) is 7.76. The molecule has 6 nitrogen and oxygen atoms in total. The van der Waals surface area contributed by atoms with Crippen molar-refractivity contribution in [3.8, 4) is 0 Å². The Balaban J connectivity index is 1.74. The Bertz CT molecular complexity index is 1320. The summed E-state index contributed by atoms with van der Waals surface area (Å²) in [5.41, 5.74) is 2.89. The largest absolute Gasteiger partial charge is 0.416 e. The number of hydrogen-bond acceptors (Lipinski definition) is 3. The number of hydrogen-bond donors (Lipinski definition) is 1. The van der Waals surface area contributed by atoms with Crippen molar-refractivity contribution in [2.45, 2.75) is 63.5 Å². The molecule has 1 aliphatic carbocycles. The molecule has 222 valence electrons. The molecule has 1 heterocycles. The van der Waals surface area contributed by atoms with Gasteiger partial charge in [-0.1, -0.05) is 6.07 Å². The highest BCUT2D eigenvalue weighted by Crippen LogP contribution is 2.43. The Morgan fingerprint density at radius 1 is 0.951 bits per heavy atom. The number of aryl methyl sites for hydroxylation is 1. The molecule has 0 radical (unpaired) electrons. The molecule has 2 aliphatic rings. The number of nitrogens with two attached hydrogens (primary N) is 1. The first-order valence-electron chi connectivity index (χ1n) is 12.9. The van der Waals surface area contributed by atoms with Crippen molar-refractivity contribution in [3.63, 3.8) is 0 Å². The Morgan fingerprint density at radius 2 is 1.54 bits per heavy atom. The number of halogens is 7. The molecular formula is C28H28F7N3O3. The molecule has 2 aromatic carbocycles. The van der Waals surface area contributed by atoms with E-state index in [0.717, 1.165) is 0 Å². The van der Waals surface area contributed by atoms with Crippen molar-refractivity contribution >= 4 is 17.7 Å². The van der Waals surface area contributed by atoms with Gasteiger partial charge in [0.15, 0.2) is 0 Å². The van der Waals surface area contributed by atoms with Crippen LogP contribution < -0.4 is 5.73 Å². The van der Waals surface area contributed by atoms with Gasteiger partial charge in [-0.15, -0.1) is 0 Å². The second kappa shape index (κ2) is 11.0. The summed E-state index contributed by atoms with van der Waals surface area (Å²) in [5, 5.41) is 0. The third-order valence-electron chi connectivity index (χ3n) is 7.76. The van der Waals surface area contributed by atoms with Crippen LogP contribution in [0.4, 0.5) is 30.7 Å². The van der Waals surface area contributed by atoms with Gasteiger partial charge in [0.05, 0.1) is 17.2 Å². The Labute approximate surface area is 231 Å². The summed E-state index contributed by atoms with van der Waals surface area (Å²) < 4.78 is 95.2. The molecule has 3 amide bonds. The van der Waals surface area contributed by atoms with Crippen molar-refractivity contribution in [1.29, 1.82) is 0 Å². The molecule has 1 saturated carbocycles. The topological polar surface area (TPSA) is 83.7 Å². The summed E-state index contributed by atoms with van der Waals surface area (Å²) in [4.78, 5) is 40.6. The van der Waals surface area contributed by atoms with Gasteiger partial charge in [-0.2, -0.15) is 26.3 Å². The van der Waals surface area contributed by atoms with E-state index in [1.807, 2.05) is 0 Å². The minimum absolute atomic E-state index is 0.0242. The number of amides is 3. The molecule has 1 unspecified atom stereocenters. The van der Waals surface area contributed by atoms with Gasteiger partial charge in [-0.3, -0.25) is 14.4 Å². The second-order valence-electron chi connectivity index (χ2n) is 10.6. The molecule has 0 aromatic heterocycles. The first kappa shape index (κ1) is 30.3. The quantitative estimate of drug-likeness (QED) is 0.379. The molecule has 3 atom stereocenters. The van der Waals surface area contributed by atoms with Crippen LogP contribution in [0.5, 0.6) is 0 Å². The van der Waals surface area contributed by atoms with Crippen LogP contribution in [0, 0.1) is 18.7 Å². The van der Waals surface area contributed by atoms with Gasteiger partial charge in [-0.05, 0) is 80.1 Å². The Morgan fingerprint density at radius 3 is 2.02 bits per heavy atom. The summed E-state index contributed by atoms with van der Waals surface area (Å²) in [6.45, 7) is 2.86. The van der Waals surface area contributed by atoms with E-state index in [2.05, 4.69) is 0 Å². The third kappa shape index (κ3) is 6.48. The number of carbonyl (C=O) groups is 3. The van der Waals surface area contributed by atoms with E-state index >= 15 is 0 Å². The van der Waals surface area contributed by atoms with Crippen LogP contribution in [0.3, 0.4) is 0 Å². The smallest absolute Gasteiger partial charge is 0.361 e. The van der Waals surface area contributed by atoms with Crippen molar-refractivity contribution in [2.24, 2.45) is 11.7 Å². The Kier molecular flexibility index (Phi) is 8.12. The van der Waals surface area contributed by atoms with Gasteiger partial charge >= 0.3 is 24.2 Å². The summed E-state index contributed by atoms with van der Waals surface area (Å²) in [7, 11) is 0. The zero-order chi connectivity index (χ0) is 30.4. The van der Waals surface area contributed by atoms with Crippen molar-refractivity contribution < 1.29 is 45.1 Å². The highest BCUT2D eigenvalue weighted by atomic mass is 19.4. The van der Waals surface area contributed by atoms with Crippen molar-refractivity contribution in [1.82, 2.24) is 9.80 Å². The number of nitrogens with zero attached hydrogens (tertiary/aromatic N) is 2. The molecule has 4 rings (SSSR count). The SMILES string of the molecule is Cc1cc(F)ccc1[C@@H]1CN(C(=O)C(N)=O)CC[C@H]1C(=O)N(C1CC1)C(C)c1cc(C(F)(F)F)cc(C(F)(F)F)c1. The fourth-order valence-electron chi connectivity index (χ4n) is 5.57. The minimum Gasteiger partial charge on any atom is -0.361 e. The molecular weight excluding hydrogens is 559 g/mol. The number of rotatable bonds is 5. The first-order chi connectivity index (χ1) is 19.0. The van der Waals surface area contributed by atoms with Crippen LogP contribution in [0.15, 0.2) is 36.4 Å². The monoisotopic (exact) mass is 587 g/mol. The lowest BCUT2D eigenvalue weighted by atomic mass is 9.78. The lowest BCUT2D eigenvalue weighted by Gasteiger charge is -2.42. The fraction of sp³-hybridized carbons (Fsp3) is 0.464. The average molecular weight is 588 g/mol. The predicted molar refractivity (Wildman–Crippen MR) is 132 cm³/mol. The average Bonchev–Trinajstić information content (AvgIpc) is 3.71. The molecule has 1 aliphatic heterocycles. The summed E-state index contributed by atoms with van der Waals surface area (Å²) in [6.07, 6.45) is -9.02. The molecule has 2 N–H and O–H groups in total. The van der Waals surface area contributed by atoms with Crippen LogP contribution >= 0.6 is 0 Å². The van der Waals surface area contributed by atoms with E-state index < -0.39 is 70.9 Å². The molecule has 1 saturated heterocycles. The number of primary amides is 1. The number of piperidine rings is 1. The maximum absolute atomic E-state index is 14.1. The van der Waals surface area contributed by atoms with Crippen LogP contribution in [0.1, 0.15) is 66.0 Å². The molecule has 0 spiro atoms. The van der Waals surface area contributed by atoms with Gasteiger partial charge < -0.3 is 15.5 Å². The van der Waals surface area contributed by atoms with Crippen molar-refractivity contribution in [2.75, 3.05) is 13.1 Å². The lowest BCUT2D eigenvalue weighted by Crippen LogP contribution is -2.51. The number of alkyl halides is 6.